The normalized spacial score (nSPS) is 15.8. The number of allylic oxidation sites excluding steroid dienone is 1. The predicted molar refractivity (Wildman–Crippen MR) is 97.7 cm³/mol. The van der Waals surface area contributed by atoms with E-state index in [2.05, 4.69) is 20.8 Å². The molecule has 0 bridgehead atoms. The Morgan fingerprint density at radius 1 is 1.30 bits per heavy atom. The maximum Gasteiger partial charge on any atom is 0.338 e. The molecule has 0 fully saturated rings. The van der Waals surface area contributed by atoms with E-state index in [1.165, 1.54) is 0 Å². The number of rotatable bonds is 7. The van der Waals surface area contributed by atoms with E-state index >= 15 is 0 Å². The molecule has 0 radical (unpaired) electrons. The molecule has 2 heterocycles. The van der Waals surface area contributed by atoms with Crippen LogP contribution in [-0.2, 0) is 9.53 Å². The molecule has 144 valence electrons. The summed E-state index contributed by atoms with van der Waals surface area (Å²) in [4.78, 5) is 12.9. The van der Waals surface area contributed by atoms with E-state index in [1.54, 1.807) is 38.0 Å². The molecule has 1 aromatic carbocycles. The van der Waals surface area contributed by atoms with Crippen molar-refractivity contribution in [2.45, 2.75) is 32.7 Å². The highest BCUT2D eigenvalue weighted by atomic mass is 16.5. The van der Waals surface area contributed by atoms with Crippen molar-refractivity contribution in [3.63, 3.8) is 0 Å². The number of unbranched alkanes of at least 4 members (excludes halogenated alkanes) is 1. The summed E-state index contributed by atoms with van der Waals surface area (Å²) in [5.74, 6) is 1.25. The smallest absolute Gasteiger partial charge is 0.338 e. The van der Waals surface area contributed by atoms with Crippen molar-refractivity contribution in [3.05, 3.63) is 35.0 Å². The Bertz CT molecular complexity index is 861. The Hall–Kier alpha value is -3.10. The van der Waals surface area contributed by atoms with Gasteiger partial charge in [-0.3, -0.25) is 0 Å². The van der Waals surface area contributed by atoms with Crippen molar-refractivity contribution < 1.29 is 19.0 Å². The van der Waals surface area contributed by atoms with Crippen LogP contribution in [0.25, 0.3) is 0 Å². The number of nitrogens with one attached hydrogen (secondary N) is 1. The van der Waals surface area contributed by atoms with Crippen LogP contribution in [0.4, 0.5) is 5.95 Å². The lowest BCUT2D eigenvalue weighted by Crippen LogP contribution is -2.30. The van der Waals surface area contributed by atoms with Crippen molar-refractivity contribution in [2.24, 2.45) is 0 Å². The van der Waals surface area contributed by atoms with Gasteiger partial charge in [-0.05, 0) is 42.0 Å². The quantitative estimate of drug-likeness (QED) is 0.583. The van der Waals surface area contributed by atoms with E-state index in [-0.39, 0.29) is 0 Å². The van der Waals surface area contributed by atoms with Crippen LogP contribution in [0, 0.1) is 0 Å². The average Bonchev–Trinajstić information content (AvgIpc) is 3.14. The van der Waals surface area contributed by atoms with Crippen molar-refractivity contribution in [2.75, 3.05) is 26.1 Å². The summed E-state index contributed by atoms with van der Waals surface area (Å²) >= 11 is 0. The van der Waals surface area contributed by atoms with Crippen LogP contribution < -0.4 is 14.8 Å². The molecule has 27 heavy (non-hydrogen) atoms. The minimum Gasteiger partial charge on any atom is -0.497 e. The van der Waals surface area contributed by atoms with E-state index in [1.807, 2.05) is 13.0 Å². The van der Waals surface area contributed by atoms with Crippen LogP contribution in [0.1, 0.15) is 38.3 Å². The molecule has 1 aliphatic heterocycles. The third-order valence-electron chi connectivity index (χ3n) is 4.40. The number of aromatic nitrogens is 4. The Balaban J connectivity index is 2.10. The molecular formula is C18H23N5O4. The first-order valence-electron chi connectivity index (χ1n) is 8.75. The van der Waals surface area contributed by atoms with Gasteiger partial charge >= 0.3 is 5.97 Å². The van der Waals surface area contributed by atoms with Gasteiger partial charge in [-0.1, -0.05) is 18.4 Å². The number of hydrogen-bond acceptors (Lipinski definition) is 8. The van der Waals surface area contributed by atoms with Crippen LogP contribution in [-0.4, -0.2) is 47.0 Å². The van der Waals surface area contributed by atoms with E-state index in [0.717, 1.165) is 12.8 Å². The summed E-state index contributed by atoms with van der Waals surface area (Å²) in [5, 5.41) is 14.8. The van der Waals surface area contributed by atoms with Gasteiger partial charge in [0, 0.05) is 11.3 Å². The number of hydrogen-bond donors (Lipinski definition) is 1. The molecule has 0 unspecified atom stereocenters. The van der Waals surface area contributed by atoms with Gasteiger partial charge in [0.15, 0.2) is 0 Å². The maximum absolute atomic E-state index is 12.9. The van der Waals surface area contributed by atoms with Gasteiger partial charge < -0.3 is 19.5 Å². The number of esters is 1. The van der Waals surface area contributed by atoms with Crippen LogP contribution >= 0.6 is 0 Å². The molecule has 2 aromatic rings. The summed E-state index contributed by atoms with van der Waals surface area (Å²) in [7, 11) is 3.15. The molecule has 1 N–H and O–H groups in total. The standard InChI is InChI=1S/C18H23N5O4/c1-5-6-9-27-17(24)15-11(2)19-18-20-21-22-23(18)16(15)13-10-12(25-3)7-8-14(13)26-4/h7-8,10,16H,5-6,9H2,1-4H3,(H,19,20,22)/t16-/m1/s1. The lowest BCUT2D eigenvalue weighted by Gasteiger charge is -2.28. The largest absolute Gasteiger partial charge is 0.497 e. The molecule has 9 nitrogen and oxygen atoms in total. The molecule has 0 spiro atoms. The maximum atomic E-state index is 12.9. The molecule has 0 saturated heterocycles. The van der Waals surface area contributed by atoms with Gasteiger partial charge in [0.2, 0.25) is 5.95 Å². The Morgan fingerprint density at radius 3 is 2.81 bits per heavy atom. The zero-order chi connectivity index (χ0) is 19.4. The number of fused-ring (bicyclic) bond motifs is 1. The number of carbonyl (C=O) groups excluding carboxylic acids is 1. The molecule has 0 amide bonds. The zero-order valence-corrected chi connectivity index (χ0v) is 15.9. The van der Waals surface area contributed by atoms with Gasteiger partial charge in [0.1, 0.15) is 17.5 Å². The van der Waals surface area contributed by atoms with E-state index < -0.39 is 12.0 Å². The second-order valence-corrected chi connectivity index (χ2v) is 6.11. The van der Waals surface area contributed by atoms with Gasteiger partial charge in [-0.25, -0.2) is 4.79 Å². The second kappa shape index (κ2) is 8.07. The topological polar surface area (TPSA) is 100 Å². The summed E-state index contributed by atoms with van der Waals surface area (Å²) in [6, 6.07) is 4.79. The zero-order valence-electron chi connectivity index (χ0n) is 15.9. The Morgan fingerprint density at radius 2 is 2.11 bits per heavy atom. The van der Waals surface area contributed by atoms with Crippen LogP contribution in [0.5, 0.6) is 11.5 Å². The summed E-state index contributed by atoms with van der Waals surface area (Å²) in [6.45, 7) is 4.20. The van der Waals surface area contributed by atoms with E-state index in [4.69, 9.17) is 14.2 Å². The van der Waals surface area contributed by atoms with Crippen molar-refractivity contribution in [1.82, 2.24) is 20.2 Å². The number of methoxy groups -OCH3 is 2. The highest BCUT2D eigenvalue weighted by molar-refractivity contribution is 5.92. The molecule has 0 aliphatic carbocycles. The van der Waals surface area contributed by atoms with E-state index in [0.29, 0.717) is 40.9 Å². The first-order valence-corrected chi connectivity index (χ1v) is 8.75. The predicted octanol–water partition coefficient (Wildman–Crippen LogP) is 2.32. The van der Waals surface area contributed by atoms with Crippen molar-refractivity contribution in [1.29, 1.82) is 0 Å². The molecule has 1 atom stereocenters. The van der Waals surface area contributed by atoms with Gasteiger partial charge in [-0.15, -0.1) is 0 Å². The first kappa shape index (κ1) is 18.7. The fourth-order valence-corrected chi connectivity index (χ4v) is 3.00. The van der Waals surface area contributed by atoms with Crippen molar-refractivity contribution >= 4 is 11.9 Å². The summed E-state index contributed by atoms with van der Waals surface area (Å²) < 4.78 is 17.9. The molecule has 9 heteroatoms. The Labute approximate surface area is 157 Å². The molecule has 3 rings (SSSR count). The number of benzene rings is 1. The van der Waals surface area contributed by atoms with Gasteiger partial charge in [-0.2, -0.15) is 4.68 Å². The van der Waals surface area contributed by atoms with Gasteiger partial charge in [0.25, 0.3) is 0 Å². The number of ether oxygens (including phenoxy) is 3. The highest BCUT2D eigenvalue weighted by Crippen LogP contribution is 2.40. The SMILES string of the molecule is CCCCOC(=O)C1=C(C)Nc2nnnn2[C@@H]1c1cc(OC)ccc1OC. The third kappa shape index (κ3) is 3.57. The Kier molecular flexibility index (Phi) is 5.58. The monoisotopic (exact) mass is 373 g/mol. The molecule has 1 aromatic heterocycles. The summed E-state index contributed by atoms with van der Waals surface area (Å²) in [5.41, 5.74) is 1.76. The molecule has 0 saturated carbocycles. The summed E-state index contributed by atoms with van der Waals surface area (Å²) in [6.07, 6.45) is 1.74. The number of nitrogens with zero attached hydrogens (tertiary/aromatic N) is 4. The second-order valence-electron chi connectivity index (χ2n) is 6.11. The lowest BCUT2D eigenvalue weighted by molar-refractivity contribution is -0.139. The lowest BCUT2D eigenvalue weighted by atomic mass is 9.94. The van der Waals surface area contributed by atoms with Crippen LogP contribution in [0.15, 0.2) is 29.5 Å². The molecular weight excluding hydrogens is 350 g/mol. The number of tetrazole rings is 1. The minimum absolute atomic E-state index is 0.358. The van der Waals surface area contributed by atoms with Crippen LogP contribution in [0.2, 0.25) is 0 Å². The average molecular weight is 373 g/mol. The number of carbonyl (C=O) groups is 1. The third-order valence-corrected chi connectivity index (χ3v) is 4.40. The van der Waals surface area contributed by atoms with E-state index in [9.17, 15) is 4.79 Å². The fourth-order valence-electron chi connectivity index (χ4n) is 3.00. The van der Waals surface area contributed by atoms with Crippen molar-refractivity contribution in [3.8, 4) is 11.5 Å². The fraction of sp³-hybridized carbons (Fsp3) is 0.444. The minimum atomic E-state index is -0.601. The van der Waals surface area contributed by atoms with Crippen LogP contribution in [0.3, 0.4) is 0 Å². The highest BCUT2D eigenvalue weighted by Gasteiger charge is 2.36. The number of anilines is 1. The van der Waals surface area contributed by atoms with Gasteiger partial charge in [0.05, 0.1) is 26.4 Å². The first-order chi connectivity index (χ1) is 13.1. The molecule has 1 aliphatic rings.